The van der Waals surface area contributed by atoms with Gasteiger partial charge in [-0.1, -0.05) is 0 Å². The molecule has 0 aromatic carbocycles. The largest absolute Gasteiger partial charge is 0.384 e. The van der Waals surface area contributed by atoms with E-state index in [1.165, 1.54) is 11.4 Å². The lowest BCUT2D eigenvalue weighted by Gasteiger charge is -2.15. The molecule has 1 atom stereocenters. The van der Waals surface area contributed by atoms with Gasteiger partial charge in [0.15, 0.2) is 0 Å². The molecule has 1 aliphatic heterocycles. The molecule has 1 aliphatic rings. The van der Waals surface area contributed by atoms with Gasteiger partial charge in [0.25, 0.3) is 0 Å². The number of halogens is 1. The van der Waals surface area contributed by atoms with Crippen molar-refractivity contribution in [3.63, 3.8) is 0 Å². The molecule has 0 spiro atoms. The molecule has 86 valence electrons. The summed E-state index contributed by atoms with van der Waals surface area (Å²) in [5.74, 6) is 0.0518. The number of nitrogens with zero attached hydrogens (tertiary/aromatic N) is 1. The first-order valence-electron chi connectivity index (χ1n) is 4.28. The highest BCUT2D eigenvalue weighted by Crippen LogP contribution is 2.12. The van der Waals surface area contributed by atoms with E-state index in [-0.39, 0.29) is 30.8 Å². The Kier molecular flexibility index (Phi) is 5.92. The van der Waals surface area contributed by atoms with E-state index < -0.39 is 10.0 Å². The molecule has 0 unspecified atom stereocenters. The number of sulfonamides is 1. The fraction of sp³-hybridized carbons (Fsp3) is 1.00. The second-order valence-electron chi connectivity index (χ2n) is 3.22. The van der Waals surface area contributed by atoms with Crippen molar-refractivity contribution in [3.05, 3.63) is 0 Å². The smallest absolute Gasteiger partial charge is 0.216 e. The Bertz CT molecular complexity index is 258. The van der Waals surface area contributed by atoms with Crippen molar-refractivity contribution in [3.8, 4) is 0 Å². The Balaban J connectivity index is 0.00000169. The number of nitrogens with two attached hydrogens (primary N) is 1. The first kappa shape index (κ1) is 14.1. The standard InChI is InChI=1S/C7H16N2O3S.ClH/c1-12-4-5-13(10,11)9-3-2-7(8)6-9;/h7H,2-6,8H2,1H3;1H/t7-;/m1./s1. The Morgan fingerprint density at radius 2 is 2.21 bits per heavy atom. The highest BCUT2D eigenvalue weighted by Gasteiger charge is 2.28. The van der Waals surface area contributed by atoms with Crippen LogP contribution in [-0.2, 0) is 14.8 Å². The fourth-order valence-corrected chi connectivity index (χ4v) is 2.76. The molecular formula is C7H17ClN2O3S. The van der Waals surface area contributed by atoms with Crippen molar-refractivity contribution in [1.29, 1.82) is 0 Å². The van der Waals surface area contributed by atoms with E-state index in [9.17, 15) is 8.42 Å². The number of rotatable bonds is 4. The van der Waals surface area contributed by atoms with E-state index in [4.69, 9.17) is 10.5 Å². The van der Waals surface area contributed by atoms with Gasteiger partial charge in [0.2, 0.25) is 10.0 Å². The van der Waals surface area contributed by atoms with E-state index in [0.29, 0.717) is 13.1 Å². The van der Waals surface area contributed by atoms with Crippen molar-refractivity contribution >= 4 is 22.4 Å². The van der Waals surface area contributed by atoms with Crippen LogP contribution in [0.5, 0.6) is 0 Å². The Morgan fingerprint density at radius 1 is 1.57 bits per heavy atom. The van der Waals surface area contributed by atoms with Gasteiger partial charge in [0.05, 0.1) is 12.4 Å². The zero-order valence-electron chi connectivity index (χ0n) is 8.18. The molecule has 0 aromatic rings. The molecule has 1 fully saturated rings. The molecule has 1 saturated heterocycles. The van der Waals surface area contributed by atoms with E-state index in [0.717, 1.165) is 6.42 Å². The average Bonchev–Trinajstić information content (AvgIpc) is 2.49. The predicted molar refractivity (Wildman–Crippen MR) is 57.1 cm³/mol. The molecule has 0 saturated carbocycles. The fourth-order valence-electron chi connectivity index (χ4n) is 1.32. The molecule has 0 radical (unpaired) electrons. The van der Waals surface area contributed by atoms with Gasteiger partial charge in [-0.15, -0.1) is 12.4 Å². The molecule has 5 nitrogen and oxygen atoms in total. The third kappa shape index (κ3) is 3.70. The molecule has 7 heteroatoms. The van der Waals surface area contributed by atoms with Gasteiger partial charge < -0.3 is 10.5 Å². The molecule has 0 bridgehead atoms. The normalized spacial score (nSPS) is 23.4. The summed E-state index contributed by atoms with van der Waals surface area (Å²) in [7, 11) is -1.64. The number of hydrogen-bond donors (Lipinski definition) is 1. The maximum absolute atomic E-state index is 11.5. The highest BCUT2D eigenvalue weighted by molar-refractivity contribution is 7.89. The number of methoxy groups -OCH3 is 1. The lowest BCUT2D eigenvalue weighted by molar-refractivity contribution is 0.215. The van der Waals surface area contributed by atoms with Gasteiger partial charge in [0, 0.05) is 26.2 Å². The van der Waals surface area contributed by atoms with Crippen LogP contribution < -0.4 is 5.73 Å². The van der Waals surface area contributed by atoms with Gasteiger partial charge >= 0.3 is 0 Å². The zero-order chi connectivity index (χ0) is 9.90. The summed E-state index contributed by atoms with van der Waals surface area (Å²) < 4.78 is 29.2. The summed E-state index contributed by atoms with van der Waals surface area (Å²) in [4.78, 5) is 0. The third-order valence-electron chi connectivity index (χ3n) is 2.13. The second kappa shape index (κ2) is 5.87. The summed E-state index contributed by atoms with van der Waals surface area (Å²) in [6, 6.07) is -0.00248. The Hall–Kier alpha value is 0.120. The average molecular weight is 245 g/mol. The van der Waals surface area contributed by atoms with E-state index in [2.05, 4.69) is 0 Å². The summed E-state index contributed by atoms with van der Waals surface area (Å²) in [5, 5.41) is 0. The van der Waals surface area contributed by atoms with E-state index >= 15 is 0 Å². The SMILES string of the molecule is COCCS(=O)(=O)N1CC[C@@H](N)C1.Cl. The minimum atomic E-state index is -3.13. The van der Waals surface area contributed by atoms with Crippen LogP contribution in [0.4, 0.5) is 0 Å². The first-order chi connectivity index (χ1) is 6.06. The van der Waals surface area contributed by atoms with Crippen LogP contribution in [0, 0.1) is 0 Å². The van der Waals surface area contributed by atoms with Crippen LogP contribution in [0.2, 0.25) is 0 Å². The van der Waals surface area contributed by atoms with Crippen LogP contribution in [0.1, 0.15) is 6.42 Å². The summed E-state index contributed by atoms with van der Waals surface area (Å²) in [5.41, 5.74) is 5.61. The zero-order valence-corrected chi connectivity index (χ0v) is 9.81. The first-order valence-corrected chi connectivity index (χ1v) is 5.89. The van der Waals surface area contributed by atoms with Crippen molar-refractivity contribution < 1.29 is 13.2 Å². The van der Waals surface area contributed by atoms with Crippen LogP contribution in [0.3, 0.4) is 0 Å². The van der Waals surface area contributed by atoms with Gasteiger partial charge in [0.1, 0.15) is 0 Å². The third-order valence-corrected chi connectivity index (χ3v) is 3.93. The van der Waals surface area contributed by atoms with Crippen LogP contribution >= 0.6 is 12.4 Å². The minimum Gasteiger partial charge on any atom is -0.384 e. The summed E-state index contributed by atoms with van der Waals surface area (Å²) in [6.07, 6.45) is 0.756. The molecular weight excluding hydrogens is 228 g/mol. The molecule has 2 N–H and O–H groups in total. The van der Waals surface area contributed by atoms with Crippen molar-refractivity contribution in [2.45, 2.75) is 12.5 Å². The molecule has 14 heavy (non-hydrogen) atoms. The van der Waals surface area contributed by atoms with Crippen LogP contribution in [0.25, 0.3) is 0 Å². The van der Waals surface area contributed by atoms with Gasteiger partial charge in [-0.2, -0.15) is 0 Å². The highest BCUT2D eigenvalue weighted by atomic mass is 35.5. The van der Waals surface area contributed by atoms with Crippen LogP contribution in [-0.4, -0.2) is 51.3 Å². The lowest BCUT2D eigenvalue weighted by atomic mass is 10.3. The maximum Gasteiger partial charge on any atom is 0.216 e. The molecule has 0 aromatic heterocycles. The topological polar surface area (TPSA) is 72.6 Å². The number of hydrogen-bond acceptors (Lipinski definition) is 4. The summed E-state index contributed by atoms with van der Waals surface area (Å²) in [6.45, 7) is 1.24. The van der Waals surface area contributed by atoms with Gasteiger partial charge in [-0.3, -0.25) is 0 Å². The van der Waals surface area contributed by atoms with Crippen molar-refractivity contribution in [2.75, 3.05) is 32.6 Å². The van der Waals surface area contributed by atoms with Gasteiger partial charge in [-0.25, -0.2) is 12.7 Å². The molecule has 0 amide bonds. The second-order valence-corrected chi connectivity index (χ2v) is 5.30. The minimum absolute atomic E-state index is 0. The van der Waals surface area contributed by atoms with Gasteiger partial charge in [-0.05, 0) is 6.42 Å². The Morgan fingerprint density at radius 3 is 2.64 bits per heavy atom. The quantitative estimate of drug-likeness (QED) is 0.718. The molecule has 1 heterocycles. The Labute approximate surface area is 91.1 Å². The number of ether oxygens (including phenoxy) is 1. The monoisotopic (exact) mass is 244 g/mol. The van der Waals surface area contributed by atoms with Crippen LogP contribution in [0.15, 0.2) is 0 Å². The lowest BCUT2D eigenvalue weighted by Crippen LogP contribution is -2.34. The van der Waals surface area contributed by atoms with Crippen molar-refractivity contribution in [2.24, 2.45) is 5.73 Å². The van der Waals surface area contributed by atoms with Crippen molar-refractivity contribution in [1.82, 2.24) is 4.31 Å². The van der Waals surface area contributed by atoms with E-state index in [1.54, 1.807) is 0 Å². The summed E-state index contributed by atoms with van der Waals surface area (Å²) >= 11 is 0. The van der Waals surface area contributed by atoms with E-state index in [1.807, 2.05) is 0 Å². The maximum atomic E-state index is 11.5. The predicted octanol–water partition coefficient (Wildman–Crippen LogP) is -0.583. The molecule has 0 aliphatic carbocycles. The molecule has 1 rings (SSSR count).